The number of aromatic nitrogens is 3. The Labute approximate surface area is 139 Å². The minimum atomic E-state index is -0.308. The standard InChI is InChI=1S/C18H16N4O2/c1-11-6-3-4-7-13(11)16-20-17(24-21-16)12(2)22-10-15-14(18(22)23)8-5-9-19-15/h3-9,12H,10H2,1-2H3/t12-/m1/s1. The van der Waals surface area contributed by atoms with Gasteiger partial charge in [0.15, 0.2) is 0 Å². The number of hydrogen-bond donors (Lipinski definition) is 0. The fraction of sp³-hybridized carbons (Fsp3) is 0.222. The summed E-state index contributed by atoms with van der Waals surface area (Å²) < 4.78 is 5.42. The number of aryl methyl sites for hydroxylation is 1. The van der Waals surface area contributed by atoms with Crippen LogP contribution in [-0.4, -0.2) is 25.9 Å². The number of nitrogens with zero attached hydrogens (tertiary/aromatic N) is 4. The van der Waals surface area contributed by atoms with Crippen LogP contribution in [0.1, 0.15) is 40.5 Å². The van der Waals surface area contributed by atoms with Gasteiger partial charge in [-0.3, -0.25) is 9.78 Å². The molecular weight excluding hydrogens is 304 g/mol. The summed E-state index contributed by atoms with van der Waals surface area (Å²) in [6.45, 7) is 4.35. The lowest BCUT2D eigenvalue weighted by atomic mass is 10.1. The molecule has 1 atom stereocenters. The smallest absolute Gasteiger partial charge is 0.256 e. The maximum Gasteiger partial charge on any atom is 0.256 e. The third-order valence-electron chi connectivity index (χ3n) is 4.35. The first-order valence-corrected chi connectivity index (χ1v) is 7.79. The van der Waals surface area contributed by atoms with Gasteiger partial charge in [-0.05, 0) is 31.5 Å². The van der Waals surface area contributed by atoms with Crippen LogP contribution >= 0.6 is 0 Å². The van der Waals surface area contributed by atoms with Crippen LogP contribution in [0, 0.1) is 6.92 Å². The second-order valence-corrected chi connectivity index (χ2v) is 5.88. The molecule has 6 heteroatoms. The van der Waals surface area contributed by atoms with E-state index in [0.717, 1.165) is 16.8 Å². The first-order chi connectivity index (χ1) is 11.6. The Bertz CT molecular complexity index is 919. The number of amides is 1. The van der Waals surface area contributed by atoms with E-state index in [2.05, 4.69) is 15.1 Å². The monoisotopic (exact) mass is 320 g/mol. The van der Waals surface area contributed by atoms with Crippen LogP contribution in [0.25, 0.3) is 11.4 Å². The minimum Gasteiger partial charge on any atom is -0.337 e. The van der Waals surface area contributed by atoms with Crippen molar-refractivity contribution in [2.75, 3.05) is 0 Å². The molecule has 3 heterocycles. The van der Waals surface area contributed by atoms with E-state index in [9.17, 15) is 4.79 Å². The molecule has 120 valence electrons. The Kier molecular flexibility index (Phi) is 3.37. The number of pyridine rings is 1. The maximum atomic E-state index is 12.5. The van der Waals surface area contributed by atoms with Gasteiger partial charge in [0.05, 0.1) is 17.8 Å². The maximum absolute atomic E-state index is 12.5. The fourth-order valence-corrected chi connectivity index (χ4v) is 2.93. The Morgan fingerprint density at radius 2 is 1.96 bits per heavy atom. The average molecular weight is 320 g/mol. The van der Waals surface area contributed by atoms with Crippen molar-refractivity contribution in [2.45, 2.75) is 26.4 Å². The van der Waals surface area contributed by atoms with Crippen LogP contribution in [-0.2, 0) is 6.54 Å². The van der Waals surface area contributed by atoms with E-state index in [1.54, 1.807) is 23.2 Å². The number of rotatable bonds is 3. The molecule has 0 aliphatic carbocycles. The molecule has 0 fully saturated rings. The highest BCUT2D eigenvalue weighted by atomic mass is 16.5. The predicted octanol–water partition coefficient (Wildman–Crippen LogP) is 3.16. The van der Waals surface area contributed by atoms with E-state index in [1.807, 2.05) is 38.1 Å². The molecule has 0 bridgehead atoms. The van der Waals surface area contributed by atoms with Gasteiger partial charge in [0.25, 0.3) is 5.91 Å². The normalized spacial score (nSPS) is 14.8. The molecule has 0 radical (unpaired) electrons. The Hall–Kier alpha value is -3.02. The van der Waals surface area contributed by atoms with Gasteiger partial charge in [0.1, 0.15) is 6.04 Å². The lowest BCUT2D eigenvalue weighted by Gasteiger charge is -2.20. The molecule has 1 amide bonds. The summed E-state index contributed by atoms with van der Waals surface area (Å²) in [7, 11) is 0. The van der Waals surface area contributed by atoms with E-state index in [-0.39, 0.29) is 11.9 Å². The molecule has 3 aromatic rings. The van der Waals surface area contributed by atoms with Crippen LogP contribution in [0.15, 0.2) is 47.1 Å². The lowest BCUT2D eigenvalue weighted by Crippen LogP contribution is -2.27. The molecule has 0 saturated heterocycles. The number of carbonyl (C=O) groups excluding carboxylic acids is 1. The molecule has 1 aromatic carbocycles. The van der Waals surface area contributed by atoms with Crippen molar-refractivity contribution in [1.82, 2.24) is 20.0 Å². The molecule has 0 unspecified atom stereocenters. The van der Waals surface area contributed by atoms with Crippen molar-refractivity contribution in [2.24, 2.45) is 0 Å². The molecule has 24 heavy (non-hydrogen) atoms. The van der Waals surface area contributed by atoms with E-state index < -0.39 is 0 Å². The lowest BCUT2D eigenvalue weighted by molar-refractivity contribution is 0.0683. The number of fused-ring (bicyclic) bond motifs is 1. The summed E-state index contributed by atoms with van der Waals surface area (Å²) in [5.41, 5.74) is 3.43. The molecular formula is C18H16N4O2. The summed E-state index contributed by atoms with van der Waals surface area (Å²) >= 11 is 0. The van der Waals surface area contributed by atoms with E-state index >= 15 is 0 Å². The van der Waals surface area contributed by atoms with Crippen molar-refractivity contribution in [3.63, 3.8) is 0 Å². The Morgan fingerprint density at radius 3 is 2.75 bits per heavy atom. The van der Waals surface area contributed by atoms with Crippen molar-refractivity contribution < 1.29 is 9.32 Å². The third-order valence-corrected chi connectivity index (χ3v) is 4.35. The highest BCUT2D eigenvalue weighted by Gasteiger charge is 2.34. The summed E-state index contributed by atoms with van der Waals surface area (Å²) in [6, 6.07) is 11.1. The number of hydrogen-bond acceptors (Lipinski definition) is 5. The van der Waals surface area contributed by atoms with Gasteiger partial charge in [0.2, 0.25) is 11.7 Å². The summed E-state index contributed by atoms with van der Waals surface area (Å²) in [5, 5.41) is 4.07. The highest BCUT2D eigenvalue weighted by molar-refractivity contribution is 5.97. The zero-order chi connectivity index (χ0) is 16.7. The zero-order valence-corrected chi connectivity index (χ0v) is 13.4. The van der Waals surface area contributed by atoms with Crippen molar-refractivity contribution in [1.29, 1.82) is 0 Å². The fourth-order valence-electron chi connectivity index (χ4n) is 2.93. The van der Waals surface area contributed by atoms with Crippen LogP contribution in [0.5, 0.6) is 0 Å². The van der Waals surface area contributed by atoms with Crippen molar-refractivity contribution in [3.05, 3.63) is 65.3 Å². The summed E-state index contributed by atoms with van der Waals surface area (Å²) in [5.74, 6) is 0.910. The van der Waals surface area contributed by atoms with Gasteiger partial charge in [-0.15, -0.1) is 0 Å². The molecule has 1 aliphatic rings. The minimum absolute atomic E-state index is 0.0544. The van der Waals surface area contributed by atoms with Gasteiger partial charge in [0, 0.05) is 11.8 Å². The molecule has 4 rings (SSSR count). The highest BCUT2D eigenvalue weighted by Crippen LogP contribution is 2.30. The number of carbonyl (C=O) groups is 1. The molecule has 0 spiro atoms. The molecule has 6 nitrogen and oxygen atoms in total. The molecule has 0 saturated carbocycles. The van der Waals surface area contributed by atoms with Crippen LogP contribution in [0.3, 0.4) is 0 Å². The Morgan fingerprint density at radius 1 is 1.17 bits per heavy atom. The average Bonchev–Trinajstić information content (AvgIpc) is 3.21. The van der Waals surface area contributed by atoms with Gasteiger partial charge in [-0.1, -0.05) is 29.4 Å². The molecule has 1 aliphatic heterocycles. The van der Waals surface area contributed by atoms with Gasteiger partial charge >= 0.3 is 0 Å². The number of benzene rings is 1. The van der Waals surface area contributed by atoms with Crippen LogP contribution < -0.4 is 0 Å². The van der Waals surface area contributed by atoms with Crippen molar-refractivity contribution >= 4 is 5.91 Å². The van der Waals surface area contributed by atoms with E-state index in [4.69, 9.17) is 4.52 Å². The third kappa shape index (κ3) is 2.27. The summed E-state index contributed by atoms with van der Waals surface area (Å²) in [6.07, 6.45) is 1.70. The molecule has 0 N–H and O–H groups in total. The van der Waals surface area contributed by atoms with Gasteiger partial charge in [-0.2, -0.15) is 4.98 Å². The predicted molar refractivity (Wildman–Crippen MR) is 87.0 cm³/mol. The first-order valence-electron chi connectivity index (χ1n) is 7.79. The molecule has 2 aromatic heterocycles. The summed E-state index contributed by atoms with van der Waals surface area (Å²) in [4.78, 5) is 23.0. The van der Waals surface area contributed by atoms with Crippen LogP contribution in [0.2, 0.25) is 0 Å². The largest absolute Gasteiger partial charge is 0.337 e. The SMILES string of the molecule is Cc1ccccc1-c1noc([C@@H](C)N2Cc3ncccc3C2=O)n1. The van der Waals surface area contributed by atoms with Gasteiger partial charge in [-0.25, -0.2) is 0 Å². The van der Waals surface area contributed by atoms with Gasteiger partial charge < -0.3 is 9.42 Å². The topological polar surface area (TPSA) is 72.1 Å². The Balaban J connectivity index is 1.62. The van der Waals surface area contributed by atoms with Crippen LogP contribution in [0.4, 0.5) is 0 Å². The van der Waals surface area contributed by atoms with E-state index in [0.29, 0.717) is 23.8 Å². The van der Waals surface area contributed by atoms with Crippen molar-refractivity contribution in [3.8, 4) is 11.4 Å². The second-order valence-electron chi connectivity index (χ2n) is 5.88. The zero-order valence-electron chi connectivity index (χ0n) is 13.4. The second kappa shape index (κ2) is 5.56. The quantitative estimate of drug-likeness (QED) is 0.741. The van der Waals surface area contributed by atoms with E-state index in [1.165, 1.54) is 0 Å². The first kappa shape index (κ1) is 14.6.